The molecule has 1 heterocycles. The van der Waals surface area contributed by atoms with Crippen LogP contribution in [0, 0.1) is 0 Å². The third kappa shape index (κ3) is 2.68. The van der Waals surface area contributed by atoms with Gasteiger partial charge in [0.2, 0.25) is 0 Å². The molecule has 0 unspecified atom stereocenters. The molecule has 0 amide bonds. The molecule has 1 nitrogen and oxygen atoms in total. The van der Waals surface area contributed by atoms with Crippen molar-refractivity contribution in [3.8, 4) is 0 Å². The van der Waals surface area contributed by atoms with Crippen LogP contribution in [-0.2, 0) is 6.42 Å². The lowest BCUT2D eigenvalue weighted by molar-refractivity contribution is -0.132. The Bertz CT molecular complexity index is 360. The first-order chi connectivity index (χ1) is 7.56. The molecule has 0 N–H and O–H groups in total. The number of halogens is 3. The highest BCUT2D eigenvalue weighted by Crippen LogP contribution is 2.28. The molecule has 1 aliphatic heterocycles. The number of alkyl halides is 3. The minimum absolute atomic E-state index is 0.0700. The fourth-order valence-corrected chi connectivity index (χ4v) is 2.11. The number of hydrogen-bond acceptors (Lipinski definition) is 1. The van der Waals surface area contributed by atoms with E-state index in [1.165, 1.54) is 0 Å². The molecule has 0 aliphatic carbocycles. The fourth-order valence-electron chi connectivity index (χ4n) is 2.11. The zero-order valence-corrected chi connectivity index (χ0v) is 8.93. The van der Waals surface area contributed by atoms with E-state index in [1.807, 2.05) is 29.2 Å². The van der Waals surface area contributed by atoms with Crippen molar-refractivity contribution in [2.45, 2.75) is 25.4 Å². The van der Waals surface area contributed by atoms with Gasteiger partial charge in [-0.15, -0.1) is 0 Å². The predicted molar refractivity (Wildman–Crippen MR) is 57.6 cm³/mol. The molecule has 4 heteroatoms. The van der Waals surface area contributed by atoms with Crippen LogP contribution in [0.25, 0.3) is 0 Å². The van der Waals surface area contributed by atoms with Gasteiger partial charge in [-0.2, -0.15) is 13.2 Å². The second-order valence-electron chi connectivity index (χ2n) is 4.08. The van der Waals surface area contributed by atoms with Crippen LogP contribution in [0.1, 0.15) is 18.4 Å². The topological polar surface area (TPSA) is 3.24 Å². The van der Waals surface area contributed by atoms with Gasteiger partial charge in [-0.1, -0.05) is 18.2 Å². The molecule has 1 aliphatic rings. The van der Waals surface area contributed by atoms with Gasteiger partial charge < -0.3 is 4.90 Å². The van der Waals surface area contributed by atoms with E-state index < -0.39 is 12.6 Å². The SMILES string of the molecule is FC(F)(F)CCN1CCCc2ccccc21. The van der Waals surface area contributed by atoms with E-state index in [0.717, 1.165) is 30.6 Å². The van der Waals surface area contributed by atoms with Crippen molar-refractivity contribution in [1.82, 2.24) is 0 Å². The highest BCUT2D eigenvalue weighted by Gasteiger charge is 2.28. The van der Waals surface area contributed by atoms with E-state index in [-0.39, 0.29) is 6.54 Å². The molecule has 2 rings (SSSR count). The fraction of sp³-hybridized carbons (Fsp3) is 0.500. The molecule has 0 radical (unpaired) electrons. The van der Waals surface area contributed by atoms with Gasteiger partial charge >= 0.3 is 6.18 Å². The largest absolute Gasteiger partial charge is 0.390 e. The number of aryl methyl sites for hydroxylation is 1. The summed E-state index contributed by atoms with van der Waals surface area (Å²) in [5, 5.41) is 0. The van der Waals surface area contributed by atoms with Crippen LogP contribution in [0.5, 0.6) is 0 Å². The maximum absolute atomic E-state index is 12.2. The average molecular weight is 229 g/mol. The molecule has 0 saturated carbocycles. The van der Waals surface area contributed by atoms with E-state index in [2.05, 4.69) is 0 Å². The number of fused-ring (bicyclic) bond motifs is 1. The molecule has 0 saturated heterocycles. The maximum atomic E-state index is 12.2. The number of anilines is 1. The molecule has 0 spiro atoms. The van der Waals surface area contributed by atoms with E-state index in [0.29, 0.717) is 0 Å². The molecule has 88 valence electrons. The van der Waals surface area contributed by atoms with Gasteiger partial charge in [0.05, 0.1) is 6.42 Å². The number of para-hydroxylation sites is 1. The van der Waals surface area contributed by atoms with Gasteiger partial charge in [0.1, 0.15) is 0 Å². The zero-order chi connectivity index (χ0) is 11.6. The van der Waals surface area contributed by atoms with Gasteiger partial charge in [-0.25, -0.2) is 0 Å². The summed E-state index contributed by atoms with van der Waals surface area (Å²) in [4.78, 5) is 1.84. The van der Waals surface area contributed by atoms with Crippen molar-refractivity contribution in [2.75, 3.05) is 18.0 Å². The first kappa shape index (κ1) is 11.3. The minimum Gasteiger partial charge on any atom is -0.371 e. The normalized spacial score (nSPS) is 16.1. The van der Waals surface area contributed by atoms with Crippen molar-refractivity contribution in [2.24, 2.45) is 0 Å². The van der Waals surface area contributed by atoms with Crippen molar-refractivity contribution in [1.29, 1.82) is 0 Å². The second kappa shape index (κ2) is 4.36. The Kier molecular flexibility index (Phi) is 3.08. The summed E-state index contributed by atoms with van der Waals surface area (Å²) >= 11 is 0. The summed E-state index contributed by atoms with van der Waals surface area (Å²) in [6.07, 6.45) is -2.89. The third-order valence-electron chi connectivity index (χ3n) is 2.87. The van der Waals surface area contributed by atoms with Crippen molar-refractivity contribution >= 4 is 5.69 Å². The molecular formula is C12H14F3N. The van der Waals surface area contributed by atoms with E-state index in [4.69, 9.17) is 0 Å². The molecule has 1 aromatic rings. The average Bonchev–Trinajstić information content (AvgIpc) is 2.25. The molecule has 0 atom stereocenters. The molecule has 1 aromatic carbocycles. The van der Waals surface area contributed by atoms with Crippen LogP contribution in [0.2, 0.25) is 0 Å². The highest BCUT2D eigenvalue weighted by atomic mass is 19.4. The van der Waals surface area contributed by atoms with E-state index in [1.54, 1.807) is 0 Å². The summed E-state index contributed by atoms with van der Waals surface area (Å²) in [6, 6.07) is 7.72. The second-order valence-corrected chi connectivity index (χ2v) is 4.08. The van der Waals surface area contributed by atoms with Gasteiger partial charge in [0.25, 0.3) is 0 Å². The lowest BCUT2D eigenvalue weighted by atomic mass is 10.0. The van der Waals surface area contributed by atoms with Crippen molar-refractivity contribution in [3.05, 3.63) is 29.8 Å². The number of hydrogen-bond donors (Lipinski definition) is 0. The van der Waals surface area contributed by atoms with Crippen LogP contribution in [0.4, 0.5) is 18.9 Å². The van der Waals surface area contributed by atoms with Crippen molar-refractivity contribution in [3.63, 3.8) is 0 Å². The minimum atomic E-state index is -4.06. The van der Waals surface area contributed by atoms with Crippen LogP contribution in [-0.4, -0.2) is 19.3 Å². The maximum Gasteiger partial charge on any atom is 0.390 e. The van der Waals surface area contributed by atoms with Crippen molar-refractivity contribution < 1.29 is 13.2 Å². The van der Waals surface area contributed by atoms with Crippen LogP contribution >= 0.6 is 0 Å². The summed E-state index contributed by atoms with van der Waals surface area (Å²) < 4.78 is 36.5. The third-order valence-corrected chi connectivity index (χ3v) is 2.87. The Labute approximate surface area is 92.9 Å². The molecule has 16 heavy (non-hydrogen) atoms. The quantitative estimate of drug-likeness (QED) is 0.751. The summed E-state index contributed by atoms with van der Waals surface area (Å²) in [7, 11) is 0. The summed E-state index contributed by atoms with van der Waals surface area (Å²) in [6.45, 7) is 0.799. The number of nitrogens with zero attached hydrogens (tertiary/aromatic N) is 1. The Morgan fingerprint density at radius 2 is 1.94 bits per heavy atom. The molecule has 0 bridgehead atoms. The van der Waals surface area contributed by atoms with Gasteiger partial charge in [-0.05, 0) is 24.5 Å². The highest BCUT2D eigenvalue weighted by molar-refractivity contribution is 5.55. The zero-order valence-electron chi connectivity index (χ0n) is 8.93. The van der Waals surface area contributed by atoms with Crippen LogP contribution in [0.15, 0.2) is 24.3 Å². The Morgan fingerprint density at radius 3 is 2.69 bits per heavy atom. The molecule has 0 aromatic heterocycles. The number of rotatable bonds is 2. The molecular weight excluding hydrogens is 215 g/mol. The number of benzene rings is 1. The Balaban J connectivity index is 2.07. The smallest absolute Gasteiger partial charge is 0.371 e. The van der Waals surface area contributed by atoms with E-state index >= 15 is 0 Å². The van der Waals surface area contributed by atoms with Gasteiger partial charge in [0, 0.05) is 18.8 Å². The lowest BCUT2D eigenvalue weighted by Gasteiger charge is -2.31. The van der Waals surface area contributed by atoms with E-state index in [9.17, 15) is 13.2 Å². The standard InChI is InChI=1S/C12H14F3N/c13-12(14,15)7-9-16-8-3-5-10-4-1-2-6-11(10)16/h1-2,4,6H,3,5,7-9H2. The first-order valence-corrected chi connectivity index (χ1v) is 5.46. The lowest BCUT2D eigenvalue weighted by Crippen LogP contribution is -2.32. The van der Waals surface area contributed by atoms with Gasteiger partial charge in [0.15, 0.2) is 0 Å². The first-order valence-electron chi connectivity index (χ1n) is 5.46. The van der Waals surface area contributed by atoms with Crippen LogP contribution in [0.3, 0.4) is 0 Å². The Hall–Kier alpha value is -1.19. The van der Waals surface area contributed by atoms with Crippen LogP contribution < -0.4 is 4.90 Å². The summed E-state index contributed by atoms with van der Waals surface area (Å²) in [5.41, 5.74) is 2.13. The van der Waals surface area contributed by atoms with Gasteiger partial charge in [-0.3, -0.25) is 0 Å². The summed E-state index contributed by atoms with van der Waals surface area (Å²) in [5.74, 6) is 0. The predicted octanol–water partition coefficient (Wildman–Crippen LogP) is 3.39. The Morgan fingerprint density at radius 1 is 1.19 bits per heavy atom. The monoisotopic (exact) mass is 229 g/mol. The molecule has 0 fully saturated rings.